The third kappa shape index (κ3) is 4.43. The Morgan fingerprint density at radius 2 is 1.59 bits per heavy atom. The van der Waals surface area contributed by atoms with Crippen molar-refractivity contribution >= 4 is 12.0 Å². The highest BCUT2D eigenvalue weighted by Gasteiger charge is 2.13. The number of halogens is 4. The highest BCUT2D eigenvalue weighted by molar-refractivity contribution is 5.42. The number of nitrogens with zero attached hydrogens (tertiary/aromatic N) is 3. The molecular weight excluding hydrogens is 250 g/mol. The van der Waals surface area contributed by atoms with Gasteiger partial charge in [-0.25, -0.2) is 4.79 Å². The molecule has 1 rings (SSSR count). The van der Waals surface area contributed by atoms with Gasteiger partial charge in [0.15, 0.2) is 0 Å². The van der Waals surface area contributed by atoms with E-state index in [0.29, 0.717) is 6.07 Å². The lowest BCUT2D eigenvalue weighted by Crippen LogP contribution is -2.07. The van der Waals surface area contributed by atoms with Gasteiger partial charge < -0.3 is 9.47 Å². The molecule has 0 aliphatic rings. The second-order valence-electron chi connectivity index (χ2n) is 2.30. The number of carbonyl (C=O) groups excluding carboxylic acids is 1. The van der Waals surface area contributed by atoms with Crippen molar-refractivity contribution in [1.29, 1.82) is 0 Å². The van der Waals surface area contributed by atoms with E-state index in [0.717, 1.165) is 6.08 Å². The van der Waals surface area contributed by atoms with Crippen molar-refractivity contribution in [3.05, 3.63) is 6.07 Å². The molecule has 0 saturated heterocycles. The van der Waals surface area contributed by atoms with Gasteiger partial charge in [0.25, 0.3) is 5.95 Å². The minimum atomic E-state index is -3.22. The average molecular weight is 253 g/mol. The predicted octanol–water partition coefficient (Wildman–Crippen LogP) is 1.65. The number of hydrogen-bond acceptors (Lipinski definition) is 6. The minimum absolute atomic E-state index is 0.599. The molecule has 0 unspecified atom stereocenters. The number of alkyl halides is 4. The first-order valence-electron chi connectivity index (χ1n) is 3.88. The van der Waals surface area contributed by atoms with E-state index in [1.54, 1.807) is 0 Å². The molecule has 1 aromatic rings. The van der Waals surface area contributed by atoms with Crippen molar-refractivity contribution in [3.8, 4) is 11.8 Å². The molecule has 0 aliphatic heterocycles. The topological polar surface area (TPSA) is 73.7 Å². The molecule has 0 N–H and O–H groups in total. The van der Waals surface area contributed by atoms with E-state index in [1.165, 1.54) is 0 Å². The highest BCUT2D eigenvalue weighted by Crippen LogP contribution is 2.22. The molecule has 17 heavy (non-hydrogen) atoms. The van der Waals surface area contributed by atoms with E-state index in [4.69, 9.17) is 0 Å². The van der Waals surface area contributed by atoms with E-state index in [-0.39, 0.29) is 0 Å². The molecule has 10 heteroatoms. The van der Waals surface area contributed by atoms with Gasteiger partial charge in [0, 0.05) is 0 Å². The van der Waals surface area contributed by atoms with Gasteiger partial charge in [-0.3, -0.25) is 0 Å². The summed E-state index contributed by atoms with van der Waals surface area (Å²) in [5.74, 6) is -2.21. The Morgan fingerprint density at radius 3 is 1.94 bits per heavy atom. The molecule has 1 aromatic heterocycles. The molecular formula is C7H3F4N3O3. The van der Waals surface area contributed by atoms with Crippen molar-refractivity contribution in [2.45, 2.75) is 13.2 Å². The molecule has 0 bridgehead atoms. The number of rotatable bonds is 5. The summed E-state index contributed by atoms with van der Waals surface area (Å²) in [7, 11) is 0. The van der Waals surface area contributed by atoms with Gasteiger partial charge in [0.05, 0.1) is 6.07 Å². The third-order valence-corrected chi connectivity index (χ3v) is 1.23. The first-order valence-corrected chi connectivity index (χ1v) is 3.88. The second-order valence-corrected chi connectivity index (χ2v) is 2.30. The first-order chi connectivity index (χ1) is 8.01. The van der Waals surface area contributed by atoms with Crippen LogP contribution in [0.3, 0.4) is 0 Å². The SMILES string of the molecule is O=C=Nc1nc(OC(F)F)cc(OC(F)F)n1. The number of aliphatic imine (C=N–C) groups is 1. The summed E-state index contributed by atoms with van der Waals surface area (Å²) in [4.78, 5) is 19.2. The van der Waals surface area contributed by atoms with Crippen LogP contribution in [-0.2, 0) is 4.79 Å². The maximum atomic E-state index is 11.9. The van der Waals surface area contributed by atoms with Crippen LogP contribution in [0, 0.1) is 0 Å². The molecule has 0 atom stereocenters. The lowest BCUT2D eigenvalue weighted by molar-refractivity contribution is -0.0579. The second kappa shape index (κ2) is 5.75. The Bertz CT molecular complexity index is 408. The van der Waals surface area contributed by atoms with Gasteiger partial charge in [-0.15, -0.1) is 4.99 Å². The van der Waals surface area contributed by atoms with E-state index in [1.807, 2.05) is 0 Å². The Kier molecular flexibility index (Phi) is 4.35. The van der Waals surface area contributed by atoms with Gasteiger partial charge in [0.2, 0.25) is 17.8 Å². The van der Waals surface area contributed by atoms with Gasteiger partial charge in [-0.2, -0.15) is 27.5 Å². The molecule has 0 spiro atoms. The third-order valence-electron chi connectivity index (χ3n) is 1.23. The van der Waals surface area contributed by atoms with Crippen molar-refractivity contribution in [2.75, 3.05) is 0 Å². The highest BCUT2D eigenvalue weighted by atomic mass is 19.3. The van der Waals surface area contributed by atoms with E-state index < -0.39 is 30.9 Å². The van der Waals surface area contributed by atoms with Crippen molar-refractivity contribution < 1.29 is 31.8 Å². The van der Waals surface area contributed by atoms with E-state index in [2.05, 4.69) is 24.4 Å². The van der Waals surface area contributed by atoms with Gasteiger partial charge in [0.1, 0.15) is 0 Å². The zero-order valence-corrected chi connectivity index (χ0v) is 7.81. The monoisotopic (exact) mass is 253 g/mol. The standard InChI is InChI=1S/C7H3F4N3O3/c8-5(9)16-3-1-4(17-6(10)11)14-7(13-3)12-2-15/h1,5-6H. The van der Waals surface area contributed by atoms with Crippen LogP contribution in [0.25, 0.3) is 0 Å². The first kappa shape index (κ1) is 12.8. The molecule has 6 nitrogen and oxygen atoms in total. The van der Waals surface area contributed by atoms with Gasteiger partial charge >= 0.3 is 13.2 Å². The van der Waals surface area contributed by atoms with Crippen molar-refractivity contribution in [1.82, 2.24) is 9.97 Å². The van der Waals surface area contributed by atoms with Crippen LogP contribution in [-0.4, -0.2) is 29.3 Å². The minimum Gasteiger partial charge on any atom is -0.417 e. The van der Waals surface area contributed by atoms with Crippen LogP contribution in [0.15, 0.2) is 11.1 Å². The zero-order chi connectivity index (χ0) is 12.8. The van der Waals surface area contributed by atoms with Gasteiger partial charge in [-0.1, -0.05) is 0 Å². The maximum Gasteiger partial charge on any atom is 0.388 e. The van der Waals surface area contributed by atoms with Crippen LogP contribution in [0.1, 0.15) is 0 Å². The predicted molar refractivity (Wildman–Crippen MR) is 43.1 cm³/mol. The Hall–Kier alpha value is -2.22. The summed E-state index contributed by atoms with van der Waals surface area (Å²) in [6.07, 6.45) is 1.01. The molecule has 0 saturated carbocycles. The molecule has 1 heterocycles. The number of isocyanates is 1. The number of hydrogen-bond donors (Lipinski definition) is 0. The molecule has 92 valence electrons. The summed E-state index contributed by atoms with van der Waals surface area (Å²) in [6, 6.07) is 0.599. The van der Waals surface area contributed by atoms with E-state index in [9.17, 15) is 22.4 Å². The molecule has 0 amide bonds. The fraction of sp³-hybridized carbons (Fsp3) is 0.286. The van der Waals surface area contributed by atoms with Crippen LogP contribution < -0.4 is 9.47 Å². The zero-order valence-electron chi connectivity index (χ0n) is 7.81. The Balaban J connectivity index is 3.04. The molecule has 0 fully saturated rings. The average Bonchev–Trinajstić information content (AvgIpc) is 2.14. The number of ether oxygens (including phenoxy) is 2. The smallest absolute Gasteiger partial charge is 0.388 e. The largest absolute Gasteiger partial charge is 0.417 e. The maximum absolute atomic E-state index is 11.9. The normalized spacial score (nSPS) is 10.2. The lowest BCUT2D eigenvalue weighted by atomic mass is 10.6. The summed E-state index contributed by atoms with van der Waals surface area (Å²) < 4.78 is 55.1. The Labute approximate surface area is 90.9 Å². The van der Waals surface area contributed by atoms with E-state index >= 15 is 0 Å². The molecule has 0 aliphatic carbocycles. The van der Waals surface area contributed by atoms with Crippen LogP contribution in [0.4, 0.5) is 23.5 Å². The molecule has 0 aromatic carbocycles. The van der Waals surface area contributed by atoms with Crippen LogP contribution >= 0.6 is 0 Å². The van der Waals surface area contributed by atoms with Crippen LogP contribution in [0.2, 0.25) is 0 Å². The summed E-state index contributed by atoms with van der Waals surface area (Å²) in [6.45, 7) is -6.45. The fourth-order valence-electron chi connectivity index (χ4n) is 0.786. The summed E-state index contributed by atoms with van der Waals surface area (Å²) in [5, 5.41) is 0. The fourth-order valence-corrected chi connectivity index (χ4v) is 0.786. The summed E-state index contributed by atoms with van der Waals surface area (Å²) >= 11 is 0. The number of aromatic nitrogens is 2. The van der Waals surface area contributed by atoms with Crippen molar-refractivity contribution in [2.24, 2.45) is 4.99 Å². The lowest BCUT2D eigenvalue weighted by Gasteiger charge is -2.06. The van der Waals surface area contributed by atoms with Crippen molar-refractivity contribution in [3.63, 3.8) is 0 Å². The molecule has 0 radical (unpaired) electrons. The Morgan fingerprint density at radius 1 is 1.12 bits per heavy atom. The summed E-state index contributed by atoms with van der Waals surface area (Å²) in [5.41, 5.74) is 0. The van der Waals surface area contributed by atoms with Crippen LogP contribution in [0.5, 0.6) is 11.8 Å². The quantitative estimate of drug-likeness (QED) is 0.453. The van der Waals surface area contributed by atoms with Gasteiger partial charge in [-0.05, 0) is 0 Å².